The minimum atomic E-state index is -0.916. The lowest BCUT2D eigenvalue weighted by atomic mass is 9.88. The minimum absolute atomic E-state index is 0.234. The number of carbonyl (C=O) groups is 3. The summed E-state index contributed by atoms with van der Waals surface area (Å²) in [5.74, 6) is -1.78. The van der Waals surface area contributed by atoms with E-state index >= 15 is 0 Å². The van der Waals surface area contributed by atoms with Gasteiger partial charge in [-0.25, -0.2) is 10.2 Å². The number of rotatable bonds is 6. The van der Waals surface area contributed by atoms with Gasteiger partial charge in [0.25, 0.3) is 0 Å². The van der Waals surface area contributed by atoms with Gasteiger partial charge in [-0.2, -0.15) is 5.10 Å². The second-order valence-corrected chi connectivity index (χ2v) is 9.02. The van der Waals surface area contributed by atoms with Crippen LogP contribution in [-0.4, -0.2) is 44.7 Å². The molecule has 0 unspecified atom stereocenters. The van der Waals surface area contributed by atoms with Crippen molar-refractivity contribution in [2.75, 3.05) is 30.9 Å². The molecule has 1 heterocycles. The fourth-order valence-electron chi connectivity index (χ4n) is 3.49. The fourth-order valence-corrected chi connectivity index (χ4v) is 4.89. The second kappa shape index (κ2) is 10.4. The van der Waals surface area contributed by atoms with Crippen molar-refractivity contribution in [3.8, 4) is 0 Å². The number of anilines is 2. The summed E-state index contributed by atoms with van der Waals surface area (Å²) in [6.07, 6.45) is 4.01. The van der Waals surface area contributed by atoms with E-state index in [1.54, 1.807) is 6.92 Å². The van der Waals surface area contributed by atoms with Gasteiger partial charge in [0.1, 0.15) is 5.00 Å². The van der Waals surface area contributed by atoms with E-state index in [2.05, 4.69) is 22.8 Å². The first-order valence-electron chi connectivity index (χ1n) is 10.5. The van der Waals surface area contributed by atoms with Gasteiger partial charge in [-0.1, -0.05) is 19.1 Å². The third kappa shape index (κ3) is 5.53. The zero-order valence-electron chi connectivity index (χ0n) is 18.7. The molecule has 8 nitrogen and oxygen atoms in total. The monoisotopic (exact) mass is 456 g/mol. The van der Waals surface area contributed by atoms with Gasteiger partial charge in [-0.15, -0.1) is 11.3 Å². The Hall–Kier alpha value is -3.20. The maximum absolute atomic E-state index is 12.5. The van der Waals surface area contributed by atoms with E-state index in [4.69, 9.17) is 4.74 Å². The average molecular weight is 457 g/mol. The summed E-state index contributed by atoms with van der Waals surface area (Å²) in [4.78, 5) is 40.2. The first-order chi connectivity index (χ1) is 15.3. The molecule has 3 rings (SSSR count). The van der Waals surface area contributed by atoms with Crippen LogP contribution in [0.25, 0.3) is 0 Å². The molecule has 0 spiro atoms. The molecular weight excluding hydrogens is 428 g/mol. The molecule has 1 aromatic carbocycles. The number of esters is 1. The number of hydrogen-bond acceptors (Lipinski definition) is 7. The van der Waals surface area contributed by atoms with Crippen LogP contribution in [0.1, 0.15) is 46.6 Å². The topological polar surface area (TPSA) is 100 Å². The van der Waals surface area contributed by atoms with Crippen molar-refractivity contribution in [3.05, 3.63) is 45.8 Å². The quantitative estimate of drug-likeness (QED) is 0.301. The lowest BCUT2D eigenvalue weighted by molar-refractivity contribution is -0.136. The molecule has 0 fully saturated rings. The summed E-state index contributed by atoms with van der Waals surface area (Å²) in [6.45, 7) is 4.12. The van der Waals surface area contributed by atoms with Crippen LogP contribution in [0.4, 0.5) is 10.7 Å². The maximum Gasteiger partial charge on any atom is 0.341 e. The van der Waals surface area contributed by atoms with Crippen molar-refractivity contribution >= 4 is 46.0 Å². The Morgan fingerprint density at radius 3 is 2.59 bits per heavy atom. The number of thiophene rings is 1. The van der Waals surface area contributed by atoms with E-state index in [0.717, 1.165) is 41.0 Å². The SMILES string of the molecule is CCOC(=O)c1c(NC(=O)C(=O)N/N=C\c2ccc(N(C)C)cc2)sc2c1CC[C@H](C)C2. The van der Waals surface area contributed by atoms with Crippen LogP contribution in [-0.2, 0) is 27.2 Å². The molecule has 9 heteroatoms. The van der Waals surface area contributed by atoms with E-state index in [9.17, 15) is 14.4 Å². The molecule has 0 saturated carbocycles. The summed E-state index contributed by atoms with van der Waals surface area (Å²) in [5, 5.41) is 6.78. The highest BCUT2D eigenvalue weighted by molar-refractivity contribution is 7.17. The maximum atomic E-state index is 12.5. The molecule has 170 valence electrons. The summed E-state index contributed by atoms with van der Waals surface area (Å²) < 4.78 is 5.19. The molecule has 2 aromatic rings. The summed E-state index contributed by atoms with van der Waals surface area (Å²) in [7, 11) is 3.89. The highest BCUT2D eigenvalue weighted by Gasteiger charge is 2.30. The zero-order valence-corrected chi connectivity index (χ0v) is 19.5. The van der Waals surface area contributed by atoms with Gasteiger partial charge in [-0.05, 0) is 55.4 Å². The molecule has 2 amide bonds. The Bertz CT molecular complexity index is 1030. The Morgan fingerprint density at radius 2 is 1.94 bits per heavy atom. The van der Waals surface area contributed by atoms with Crippen LogP contribution in [0.2, 0.25) is 0 Å². The third-order valence-corrected chi connectivity index (χ3v) is 6.38. The van der Waals surface area contributed by atoms with E-state index < -0.39 is 17.8 Å². The van der Waals surface area contributed by atoms with Crippen molar-refractivity contribution in [2.24, 2.45) is 11.0 Å². The number of hydrogen-bond donors (Lipinski definition) is 2. The first kappa shape index (κ1) is 23.5. The van der Waals surface area contributed by atoms with Crippen molar-refractivity contribution in [2.45, 2.75) is 33.1 Å². The molecule has 1 aliphatic rings. The van der Waals surface area contributed by atoms with E-state index in [0.29, 0.717) is 16.5 Å². The fraction of sp³-hybridized carbons (Fsp3) is 0.391. The highest BCUT2D eigenvalue weighted by Crippen LogP contribution is 2.40. The average Bonchev–Trinajstić information content (AvgIpc) is 3.10. The summed E-state index contributed by atoms with van der Waals surface area (Å²) in [6, 6.07) is 7.56. The number of amides is 2. The minimum Gasteiger partial charge on any atom is -0.462 e. The van der Waals surface area contributed by atoms with Gasteiger partial charge in [-0.3, -0.25) is 9.59 Å². The number of fused-ring (bicyclic) bond motifs is 1. The van der Waals surface area contributed by atoms with Crippen LogP contribution >= 0.6 is 11.3 Å². The molecule has 1 aromatic heterocycles. The Labute approximate surface area is 191 Å². The number of hydrazone groups is 1. The molecule has 0 bridgehead atoms. The predicted molar refractivity (Wildman–Crippen MR) is 127 cm³/mol. The van der Waals surface area contributed by atoms with Crippen molar-refractivity contribution in [1.82, 2.24) is 5.43 Å². The molecule has 32 heavy (non-hydrogen) atoms. The van der Waals surface area contributed by atoms with Crippen LogP contribution in [0.15, 0.2) is 29.4 Å². The zero-order chi connectivity index (χ0) is 23.3. The highest BCUT2D eigenvalue weighted by atomic mass is 32.1. The molecule has 0 saturated heterocycles. The summed E-state index contributed by atoms with van der Waals surface area (Å²) in [5.41, 5.74) is 5.33. The first-order valence-corrected chi connectivity index (χ1v) is 11.3. The van der Waals surface area contributed by atoms with Gasteiger partial charge in [0, 0.05) is 24.7 Å². The second-order valence-electron chi connectivity index (χ2n) is 7.92. The Kier molecular flexibility index (Phi) is 7.63. The molecule has 2 N–H and O–H groups in total. The van der Waals surface area contributed by atoms with E-state index in [1.165, 1.54) is 17.6 Å². The standard InChI is InChI=1S/C23H28N4O4S/c1-5-31-23(30)19-17-11-6-14(2)12-18(17)32-22(19)25-20(28)21(29)26-24-13-15-7-9-16(10-8-15)27(3)4/h7-10,13-14H,5-6,11-12H2,1-4H3,(H,25,28)(H,26,29)/b24-13-/t14-/m0/s1. The lowest BCUT2D eigenvalue weighted by Crippen LogP contribution is -2.32. The third-order valence-electron chi connectivity index (χ3n) is 5.21. The van der Waals surface area contributed by atoms with Crippen molar-refractivity contribution < 1.29 is 19.1 Å². The normalized spacial score (nSPS) is 15.2. The number of carbonyl (C=O) groups excluding carboxylic acids is 3. The van der Waals surface area contributed by atoms with E-state index in [1.807, 2.05) is 43.3 Å². The predicted octanol–water partition coefficient (Wildman–Crippen LogP) is 3.20. The van der Waals surface area contributed by atoms with Crippen LogP contribution < -0.4 is 15.6 Å². The van der Waals surface area contributed by atoms with Crippen LogP contribution in [0.5, 0.6) is 0 Å². The van der Waals surface area contributed by atoms with Gasteiger partial charge in [0.2, 0.25) is 0 Å². The van der Waals surface area contributed by atoms with Crippen molar-refractivity contribution in [1.29, 1.82) is 0 Å². The van der Waals surface area contributed by atoms with Crippen molar-refractivity contribution in [3.63, 3.8) is 0 Å². The van der Waals surface area contributed by atoms with Gasteiger partial charge in [0.15, 0.2) is 0 Å². The lowest BCUT2D eigenvalue weighted by Gasteiger charge is -2.18. The largest absolute Gasteiger partial charge is 0.462 e. The molecule has 1 aliphatic carbocycles. The summed E-state index contributed by atoms with van der Waals surface area (Å²) >= 11 is 1.33. The smallest absolute Gasteiger partial charge is 0.341 e. The number of ether oxygens (including phenoxy) is 1. The molecular formula is C23H28N4O4S. The van der Waals surface area contributed by atoms with Crippen LogP contribution in [0, 0.1) is 5.92 Å². The number of benzene rings is 1. The Morgan fingerprint density at radius 1 is 1.22 bits per heavy atom. The Balaban J connectivity index is 1.68. The molecule has 0 aliphatic heterocycles. The molecule has 0 radical (unpaired) electrons. The van der Waals surface area contributed by atoms with Gasteiger partial charge >= 0.3 is 17.8 Å². The van der Waals surface area contributed by atoms with Gasteiger partial charge in [0.05, 0.1) is 18.4 Å². The van der Waals surface area contributed by atoms with Gasteiger partial charge < -0.3 is 15.0 Å². The number of nitrogens with one attached hydrogen (secondary N) is 2. The molecule has 1 atom stereocenters. The van der Waals surface area contributed by atoms with Crippen LogP contribution in [0.3, 0.4) is 0 Å². The number of nitrogens with zero attached hydrogens (tertiary/aromatic N) is 2. The van der Waals surface area contributed by atoms with E-state index in [-0.39, 0.29) is 6.61 Å².